The molecule has 0 saturated heterocycles. The second-order valence-corrected chi connectivity index (χ2v) is 4.49. The van der Waals surface area contributed by atoms with Gasteiger partial charge in [-0.15, -0.1) is 0 Å². The molecule has 5 nitrogen and oxygen atoms in total. The number of amides is 1. The topological polar surface area (TPSA) is 80.1 Å². The number of aromatic nitrogens is 1. The maximum absolute atomic E-state index is 11.7. The molecule has 20 heavy (non-hydrogen) atoms. The lowest BCUT2D eigenvalue weighted by Crippen LogP contribution is -2.25. The van der Waals surface area contributed by atoms with Gasteiger partial charge in [0.1, 0.15) is 5.69 Å². The average molecular weight is 273 g/mol. The lowest BCUT2D eigenvalue weighted by Gasteiger charge is -2.05. The van der Waals surface area contributed by atoms with Gasteiger partial charge in [-0.2, -0.15) is 0 Å². The number of nitrogen functional groups attached to an aromatic ring is 1. The van der Waals surface area contributed by atoms with Crippen LogP contribution in [0, 0.1) is 0 Å². The molecule has 0 unspecified atom stereocenters. The monoisotopic (exact) mass is 273 g/mol. The molecule has 1 aromatic heterocycles. The predicted molar refractivity (Wildman–Crippen MR) is 78.3 cm³/mol. The molecule has 0 atom stereocenters. The van der Waals surface area contributed by atoms with Gasteiger partial charge in [0.2, 0.25) is 0 Å². The van der Waals surface area contributed by atoms with Crippen LogP contribution in [0.5, 0.6) is 0 Å². The number of aromatic amines is 1. The number of H-pyrrole nitrogens is 1. The Labute approximate surface area is 118 Å². The third-order valence-electron chi connectivity index (χ3n) is 2.81. The molecule has 0 aliphatic rings. The van der Waals surface area contributed by atoms with Crippen LogP contribution >= 0.6 is 0 Å². The molecule has 4 N–H and O–H groups in total. The van der Waals surface area contributed by atoms with Gasteiger partial charge in [-0.3, -0.25) is 4.79 Å². The summed E-state index contributed by atoms with van der Waals surface area (Å²) in [7, 11) is 0. The average Bonchev–Trinajstić information content (AvgIpc) is 2.90. The van der Waals surface area contributed by atoms with E-state index >= 15 is 0 Å². The number of hydrogen-bond donors (Lipinski definition) is 3. The Morgan fingerprint density at radius 3 is 2.80 bits per heavy atom. The van der Waals surface area contributed by atoms with Crippen LogP contribution in [-0.4, -0.2) is 24.0 Å². The Hall–Kier alpha value is -2.27. The molecule has 0 spiro atoms. The van der Waals surface area contributed by atoms with E-state index < -0.39 is 0 Å². The van der Waals surface area contributed by atoms with Gasteiger partial charge < -0.3 is 20.8 Å². The van der Waals surface area contributed by atoms with Gasteiger partial charge in [0.05, 0.1) is 6.61 Å². The summed E-state index contributed by atoms with van der Waals surface area (Å²) in [6.45, 7) is 1.79. The fourth-order valence-electron chi connectivity index (χ4n) is 1.78. The minimum atomic E-state index is -0.148. The fraction of sp³-hybridized carbons (Fsp3) is 0.267. The van der Waals surface area contributed by atoms with E-state index in [-0.39, 0.29) is 5.91 Å². The quantitative estimate of drug-likeness (QED) is 0.674. The van der Waals surface area contributed by atoms with Gasteiger partial charge >= 0.3 is 0 Å². The maximum Gasteiger partial charge on any atom is 0.267 e. The number of benzene rings is 1. The van der Waals surface area contributed by atoms with Crippen LogP contribution in [0.3, 0.4) is 0 Å². The molecule has 0 aliphatic heterocycles. The summed E-state index contributed by atoms with van der Waals surface area (Å²) < 4.78 is 5.53. The van der Waals surface area contributed by atoms with Crippen molar-refractivity contribution in [3.8, 4) is 0 Å². The highest BCUT2D eigenvalue weighted by Crippen LogP contribution is 2.04. The number of nitrogens with one attached hydrogen (secondary N) is 2. The molecule has 0 saturated carbocycles. The van der Waals surface area contributed by atoms with Crippen molar-refractivity contribution in [3.05, 3.63) is 53.9 Å². The Bertz CT molecular complexity index is 537. The molecule has 1 heterocycles. The van der Waals surface area contributed by atoms with E-state index in [0.717, 1.165) is 12.0 Å². The van der Waals surface area contributed by atoms with Crippen LogP contribution < -0.4 is 11.1 Å². The van der Waals surface area contributed by atoms with Crippen molar-refractivity contribution in [1.29, 1.82) is 0 Å². The Morgan fingerprint density at radius 1 is 1.30 bits per heavy atom. The van der Waals surface area contributed by atoms with E-state index in [1.165, 1.54) is 0 Å². The highest BCUT2D eigenvalue weighted by atomic mass is 16.5. The molecule has 0 fully saturated rings. The van der Waals surface area contributed by atoms with E-state index in [0.29, 0.717) is 31.1 Å². The van der Waals surface area contributed by atoms with Gasteiger partial charge in [0.15, 0.2) is 0 Å². The van der Waals surface area contributed by atoms with Crippen molar-refractivity contribution in [2.75, 3.05) is 18.9 Å². The number of ether oxygens (including phenoxy) is 1. The second kappa shape index (κ2) is 7.35. The van der Waals surface area contributed by atoms with Crippen LogP contribution in [0.1, 0.15) is 22.5 Å². The third kappa shape index (κ3) is 4.44. The molecule has 1 amide bonds. The van der Waals surface area contributed by atoms with Crippen molar-refractivity contribution in [3.63, 3.8) is 0 Å². The molecule has 2 rings (SSSR count). The maximum atomic E-state index is 11.7. The van der Waals surface area contributed by atoms with Crippen LogP contribution in [0.2, 0.25) is 0 Å². The lowest BCUT2D eigenvalue weighted by atomic mass is 10.2. The predicted octanol–water partition coefficient (Wildman–Crippen LogP) is 1.93. The van der Waals surface area contributed by atoms with E-state index in [1.807, 2.05) is 30.3 Å². The summed E-state index contributed by atoms with van der Waals surface area (Å²) in [5, 5.41) is 2.81. The zero-order valence-electron chi connectivity index (χ0n) is 11.3. The van der Waals surface area contributed by atoms with E-state index in [4.69, 9.17) is 10.5 Å². The third-order valence-corrected chi connectivity index (χ3v) is 2.81. The van der Waals surface area contributed by atoms with E-state index in [9.17, 15) is 4.79 Å². The summed E-state index contributed by atoms with van der Waals surface area (Å²) in [4.78, 5) is 14.5. The zero-order valence-corrected chi connectivity index (χ0v) is 11.3. The van der Waals surface area contributed by atoms with Crippen molar-refractivity contribution >= 4 is 11.6 Å². The first kappa shape index (κ1) is 14.1. The first-order valence-electron chi connectivity index (χ1n) is 6.59. The molecule has 106 valence electrons. The molecular formula is C15H19N3O2. The van der Waals surface area contributed by atoms with Crippen molar-refractivity contribution in [2.45, 2.75) is 13.0 Å². The van der Waals surface area contributed by atoms with Gasteiger partial charge in [-0.1, -0.05) is 30.3 Å². The van der Waals surface area contributed by atoms with Gasteiger partial charge in [-0.25, -0.2) is 0 Å². The van der Waals surface area contributed by atoms with Crippen molar-refractivity contribution in [2.24, 2.45) is 0 Å². The molecule has 5 heteroatoms. The molecule has 0 aliphatic carbocycles. The standard InChI is InChI=1S/C15H19N3O2/c16-13-9-14(18-10-13)15(19)17-7-4-8-20-11-12-5-2-1-3-6-12/h1-3,5-6,9-10,18H,4,7-8,11,16H2,(H,17,19). The number of carbonyl (C=O) groups is 1. The first-order valence-corrected chi connectivity index (χ1v) is 6.59. The highest BCUT2D eigenvalue weighted by molar-refractivity contribution is 5.93. The summed E-state index contributed by atoms with van der Waals surface area (Å²) in [5.41, 5.74) is 7.72. The van der Waals surface area contributed by atoms with Crippen molar-refractivity contribution in [1.82, 2.24) is 10.3 Å². The van der Waals surface area contributed by atoms with Crippen LogP contribution in [0.15, 0.2) is 42.6 Å². The summed E-state index contributed by atoms with van der Waals surface area (Å²) in [5.74, 6) is -0.148. The van der Waals surface area contributed by atoms with E-state index in [1.54, 1.807) is 12.3 Å². The van der Waals surface area contributed by atoms with Gasteiger partial charge in [0, 0.05) is 25.0 Å². The van der Waals surface area contributed by atoms with Gasteiger partial charge in [-0.05, 0) is 18.1 Å². The summed E-state index contributed by atoms with van der Waals surface area (Å²) >= 11 is 0. The Balaban J connectivity index is 1.57. The molecule has 2 aromatic rings. The Kier molecular flexibility index (Phi) is 5.20. The second-order valence-electron chi connectivity index (χ2n) is 4.49. The highest BCUT2D eigenvalue weighted by Gasteiger charge is 2.06. The van der Waals surface area contributed by atoms with E-state index in [2.05, 4.69) is 10.3 Å². The number of carbonyl (C=O) groups excluding carboxylic acids is 1. The summed E-state index contributed by atoms with van der Waals surface area (Å²) in [6.07, 6.45) is 2.37. The molecular weight excluding hydrogens is 254 g/mol. The van der Waals surface area contributed by atoms with Gasteiger partial charge in [0.25, 0.3) is 5.91 Å². The summed E-state index contributed by atoms with van der Waals surface area (Å²) in [6, 6.07) is 11.6. The Morgan fingerprint density at radius 2 is 2.10 bits per heavy atom. The molecule has 0 bridgehead atoms. The van der Waals surface area contributed by atoms with Crippen LogP contribution in [0.4, 0.5) is 5.69 Å². The number of nitrogens with two attached hydrogens (primary N) is 1. The minimum Gasteiger partial charge on any atom is -0.397 e. The normalized spacial score (nSPS) is 10.4. The first-order chi connectivity index (χ1) is 9.75. The number of rotatable bonds is 7. The van der Waals surface area contributed by atoms with Crippen LogP contribution in [0.25, 0.3) is 0 Å². The SMILES string of the molecule is Nc1c[nH]c(C(=O)NCCCOCc2ccccc2)c1. The molecule has 0 radical (unpaired) electrons. The minimum absolute atomic E-state index is 0.148. The smallest absolute Gasteiger partial charge is 0.267 e. The largest absolute Gasteiger partial charge is 0.397 e. The fourth-order valence-corrected chi connectivity index (χ4v) is 1.78. The number of anilines is 1. The zero-order chi connectivity index (χ0) is 14.2. The van der Waals surface area contributed by atoms with Crippen molar-refractivity contribution < 1.29 is 9.53 Å². The molecule has 1 aromatic carbocycles. The number of hydrogen-bond acceptors (Lipinski definition) is 3. The van der Waals surface area contributed by atoms with Crippen LogP contribution in [-0.2, 0) is 11.3 Å². The lowest BCUT2D eigenvalue weighted by molar-refractivity contribution is 0.0930.